The van der Waals surface area contributed by atoms with Crippen LogP contribution in [0, 0.1) is 6.92 Å². The highest BCUT2D eigenvalue weighted by atomic mass is 19.1. The van der Waals surface area contributed by atoms with E-state index in [2.05, 4.69) is 15.6 Å². The van der Waals surface area contributed by atoms with Crippen LogP contribution >= 0.6 is 0 Å². The summed E-state index contributed by atoms with van der Waals surface area (Å²) in [6.07, 6.45) is -0.696. The van der Waals surface area contributed by atoms with Gasteiger partial charge in [-0.05, 0) is 19.1 Å². The lowest BCUT2D eigenvalue weighted by molar-refractivity contribution is -0.117. The van der Waals surface area contributed by atoms with Gasteiger partial charge in [-0.3, -0.25) is 4.79 Å². The van der Waals surface area contributed by atoms with Crippen molar-refractivity contribution in [1.29, 1.82) is 0 Å². The van der Waals surface area contributed by atoms with E-state index in [1.807, 2.05) is 19.1 Å². The van der Waals surface area contributed by atoms with E-state index in [1.54, 1.807) is 6.07 Å². The number of anilines is 1. The SMILES string of the molecule is Cc1cccc(NC(=O)[C@@H]2C[C@@H](F)CN2)n1. The van der Waals surface area contributed by atoms with Crippen molar-refractivity contribution in [2.45, 2.75) is 25.6 Å². The molecule has 1 fully saturated rings. The number of nitrogens with zero attached hydrogens (tertiary/aromatic N) is 1. The molecule has 1 amide bonds. The second kappa shape index (κ2) is 4.57. The lowest BCUT2D eigenvalue weighted by atomic mass is 10.2. The molecule has 0 bridgehead atoms. The third kappa shape index (κ3) is 2.55. The number of amides is 1. The molecule has 2 N–H and O–H groups in total. The van der Waals surface area contributed by atoms with E-state index >= 15 is 0 Å². The summed E-state index contributed by atoms with van der Waals surface area (Å²) in [5.74, 6) is 0.285. The van der Waals surface area contributed by atoms with Crippen molar-refractivity contribution in [3.63, 3.8) is 0 Å². The minimum atomic E-state index is -0.929. The third-order valence-electron chi connectivity index (χ3n) is 2.53. The van der Waals surface area contributed by atoms with Crippen molar-refractivity contribution < 1.29 is 9.18 Å². The molecule has 0 aliphatic carbocycles. The summed E-state index contributed by atoms with van der Waals surface area (Å²) >= 11 is 0. The standard InChI is InChI=1S/C11H14FN3O/c1-7-3-2-4-10(14-7)15-11(16)9-5-8(12)6-13-9/h2-4,8-9,13H,5-6H2,1H3,(H,14,15,16)/t8-,9+/m1/s1. The van der Waals surface area contributed by atoms with Gasteiger partial charge in [0, 0.05) is 18.7 Å². The van der Waals surface area contributed by atoms with Crippen LogP contribution < -0.4 is 10.6 Å². The molecule has 1 aromatic heterocycles. The number of hydrogen-bond donors (Lipinski definition) is 2. The smallest absolute Gasteiger partial charge is 0.242 e. The molecule has 2 heterocycles. The van der Waals surface area contributed by atoms with E-state index in [0.29, 0.717) is 5.82 Å². The fourth-order valence-corrected chi connectivity index (χ4v) is 1.72. The normalized spacial score (nSPS) is 24.4. The molecule has 5 heteroatoms. The number of nitrogens with one attached hydrogen (secondary N) is 2. The molecule has 4 nitrogen and oxygen atoms in total. The predicted molar refractivity (Wildman–Crippen MR) is 58.9 cm³/mol. The minimum absolute atomic E-state index is 0.224. The number of aromatic nitrogens is 1. The van der Waals surface area contributed by atoms with E-state index in [-0.39, 0.29) is 18.9 Å². The van der Waals surface area contributed by atoms with Crippen LogP contribution in [0.15, 0.2) is 18.2 Å². The highest BCUT2D eigenvalue weighted by molar-refractivity contribution is 5.94. The molecule has 1 aliphatic rings. The Balaban J connectivity index is 1.97. The van der Waals surface area contributed by atoms with E-state index in [0.717, 1.165) is 5.69 Å². The first-order chi connectivity index (χ1) is 7.65. The van der Waals surface area contributed by atoms with E-state index in [9.17, 15) is 9.18 Å². The van der Waals surface area contributed by atoms with Gasteiger partial charge in [0.2, 0.25) is 5.91 Å². The number of hydrogen-bond acceptors (Lipinski definition) is 3. The molecule has 0 unspecified atom stereocenters. The molecule has 2 rings (SSSR count). The Morgan fingerprint density at radius 1 is 1.62 bits per heavy atom. The average Bonchev–Trinajstić information content (AvgIpc) is 2.65. The Hall–Kier alpha value is -1.49. The number of aryl methyl sites for hydroxylation is 1. The predicted octanol–water partition coefficient (Wildman–Crippen LogP) is 1.03. The number of rotatable bonds is 2. The largest absolute Gasteiger partial charge is 0.309 e. The lowest BCUT2D eigenvalue weighted by Gasteiger charge is -2.10. The molecule has 1 aromatic rings. The maximum atomic E-state index is 12.9. The summed E-state index contributed by atoms with van der Waals surface area (Å²) < 4.78 is 12.9. The molecule has 1 saturated heterocycles. The van der Waals surface area contributed by atoms with Gasteiger partial charge in [0.25, 0.3) is 0 Å². The molecule has 16 heavy (non-hydrogen) atoms. The maximum absolute atomic E-state index is 12.9. The first-order valence-corrected chi connectivity index (χ1v) is 5.27. The van der Waals surface area contributed by atoms with Crippen LogP contribution in [0.4, 0.5) is 10.2 Å². The first kappa shape index (κ1) is 11.0. The van der Waals surface area contributed by atoms with E-state index < -0.39 is 12.2 Å². The fraction of sp³-hybridized carbons (Fsp3) is 0.455. The second-order valence-corrected chi connectivity index (χ2v) is 3.95. The Kier molecular flexibility index (Phi) is 3.14. The summed E-state index contributed by atoms with van der Waals surface area (Å²) in [6, 6.07) is 4.93. The van der Waals surface area contributed by atoms with Crippen LogP contribution in [-0.4, -0.2) is 29.6 Å². The minimum Gasteiger partial charge on any atom is -0.309 e. The third-order valence-corrected chi connectivity index (χ3v) is 2.53. The molecular weight excluding hydrogens is 209 g/mol. The van der Waals surface area contributed by atoms with Crippen LogP contribution in [0.3, 0.4) is 0 Å². The Morgan fingerprint density at radius 3 is 3.06 bits per heavy atom. The van der Waals surface area contributed by atoms with Gasteiger partial charge in [0.1, 0.15) is 12.0 Å². The van der Waals surface area contributed by atoms with Gasteiger partial charge in [-0.25, -0.2) is 9.37 Å². The topological polar surface area (TPSA) is 54.0 Å². The summed E-state index contributed by atoms with van der Waals surface area (Å²) in [4.78, 5) is 15.8. The van der Waals surface area contributed by atoms with Crippen LogP contribution in [0.1, 0.15) is 12.1 Å². The van der Waals surface area contributed by atoms with Gasteiger partial charge in [-0.15, -0.1) is 0 Å². The molecule has 1 aliphatic heterocycles. The van der Waals surface area contributed by atoms with Gasteiger partial charge in [0.15, 0.2) is 0 Å². The van der Waals surface area contributed by atoms with Gasteiger partial charge in [-0.1, -0.05) is 6.07 Å². The summed E-state index contributed by atoms with van der Waals surface area (Å²) in [5, 5.41) is 5.49. The van der Waals surface area contributed by atoms with Gasteiger partial charge < -0.3 is 10.6 Å². The zero-order valence-electron chi connectivity index (χ0n) is 9.03. The van der Waals surface area contributed by atoms with Crippen molar-refractivity contribution in [1.82, 2.24) is 10.3 Å². The van der Waals surface area contributed by atoms with Crippen LogP contribution in [-0.2, 0) is 4.79 Å². The molecular formula is C11H14FN3O. The number of carbonyl (C=O) groups excluding carboxylic acids is 1. The summed E-state index contributed by atoms with van der Waals surface area (Å²) in [6.45, 7) is 2.10. The average molecular weight is 223 g/mol. The Bertz CT molecular complexity index is 397. The monoisotopic (exact) mass is 223 g/mol. The fourth-order valence-electron chi connectivity index (χ4n) is 1.72. The zero-order chi connectivity index (χ0) is 11.5. The van der Waals surface area contributed by atoms with Gasteiger partial charge in [-0.2, -0.15) is 0 Å². The van der Waals surface area contributed by atoms with Crippen LogP contribution in [0.25, 0.3) is 0 Å². The van der Waals surface area contributed by atoms with Crippen molar-refractivity contribution in [2.75, 3.05) is 11.9 Å². The first-order valence-electron chi connectivity index (χ1n) is 5.27. The number of carbonyl (C=O) groups is 1. The molecule has 0 saturated carbocycles. The number of alkyl halides is 1. The number of halogens is 1. The summed E-state index contributed by atoms with van der Waals surface area (Å²) in [5.41, 5.74) is 0.834. The Labute approximate surface area is 93.3 Å². The van der Waals surface area contributed by atoms with E-state index in [4.69, 9.17) is 0 Å². The molecule has 2 atom stereocenters. The maximum Gasteiger partial charge on any atom is 0.242 e. The van der Waals surface area contributed by atoms with Crippen molar-refractivity contribution >= 4 is 11.7 Å². The molecule has 0 aromatic carbocycles. The lowest BCUT2D eigenvalue weighted by Crippen LogP contribution is -2.35. The zero-order valence-corrected chi connectivity index (χ0v) is 9.03. The highest BCUT2D eigenvalue weighted by Gasteiger charge is 2.29. The number of pyridine rings is 1. The van der Waals surface area contributed by atoms with Crippen LogP contribution in [0.5, 0.6) is 0 Å². The molecule has 0 spiro atoms. The van der Waals surface area contributed by atoms with Crippen molar-refractivity contribution in [3.8, 4) is 0 Å². The van der Waals surface area contributed by atoms with Gasteiger partial charge in [0.05, 0.1) is 6.04 Å². The quantitative estimate of drug-likeness (QED) is 0.787. The molecule has 0 radical (unpaired) electrons. The van der Waals surface area contributed by atoms with E-state index in [1.165, 1.54) is 0 Å². The van der Waals surface area contributed by atoms with Crippen molar-refractivity contribution in [3.05, 3.63) is 23.9 Å². The summed E-state index contributed by atoms with van der Waals surface area (Å²) in [7, 11) is 0. The molecule has 86 valence electrons. The highest BCUT2D eigenvalue weighted by Crippen LogP contribution is 2.12. The van der Waals surface area contributed by atoms with Crippen molar-refractivity contribution in [2.24, 2.45) is 0 Å². The Morgan fingerprint density at radius 2 is 2.44 bits per heavy atom. The van der Waals surface area contributed by atoms with Crippen LogP contribution in [0.2, 0.25) is 0 Å². The second-order valence-electron chi connectivity index (χ2n) is 3.95. The van der Waals surface area contributed by atoms with Gasteiger partial charge >= 0.3 is 0 Å².